The Morgan fingerprint density at radius 2 is 1.96 bits per heavy atom. The highest BCUT2D eigenvalue weighted by Crippen LogP contribution is 2.28. The van der Waals surface area contributed by atoms with Gasteiger partial charge in [0.1, 0.15) is 11.6 Å². The van der Waals surface area contributed by atoms with Crippen molar-refractivity contribution >= 4 is 40.5 Å². The van der Waals surface area contributed by atoms with E-state index in [9.17, 15) is 10.1 Å². The summed E-state index contributed by atoms with van der Waals surface area (Å²) in [5, 5.41) is 16.0. The monoisotopic (exact) mass is 387 g/mol. The van der Waals surface area contributed by atoms with E-state index in [0.29, 0.717) is 15.7 Å². The smallest absolute Gasteiger partial charge is 0.267 e. The number of carbonyl (C=O) groups is 1. The number of hydrogen-bond acceptors (Lipinski definition) is 3. The summed E-state index contributed by atoms with van der Waals surface area (Å²) in [6, 6.07) is 12.6. The van der Waals surface area contributed by atoms with Crippen LogP contribution in [0.3, 0.4) is 0 Å². The van der Waals surface area contributed by atoms with Crippen LogP contribution in [-0.2, 0) is 4.79 Å². The lowest BCUT2D eigenvalue weighted by Gasteiger charge is -2.16. The van der Waals surface area contributed by atoms with Crippen molar-refractivity contribution in [3.63, 3.8) is 0 Å². The van der Waals surface area contributed by atoms with Crippen LogP contribution < -0.4 is 10.6 Å². The second-order valence-electron chi connectivity index (χ2n) is 6.09. The number of anilines is 2. The number of rotatable bonds is 5. The molecule has 0 fully saturated rings. The van der Waals surface area contributed by atoms with Crippen LogP contribution in [0.4, 0.5) is 11.4 Å². The number of para-hydroxylation sites is 1. The molecule has 4 nitrogen and oxygen atoms in total. The van der Waals surface area contributed by atoms with E-state index < -0.39 is 5.91 Å². The minimum absolute atomic E-state index is 0.0704. The van der Waals surface area contributed by atoms with E-state index in [0.717, 1.165) is 16.8 Å². The number of amides is 1. The van der Waals surface area contributed by atoms with Gasteiger partial charge >= 0.3 is 0 Å². The molecule has 0 aliphatic rings. The average Bonchev–Trinajstić information content (AvgIpc) is 2.59. The Hall–Kier alpha value is -2.48. The van der Waals surface area contributed by atoms with Crippen molar-refractivity contribution < 1.29 is 4.79 Å². The molecule has 0 bridgehead atoms. The van der Waals surface area contributed by atoms with Crippen LogP contribution >= 0.6 is 23.2 Å². The topological polar surface area (TPSA) is 64.9 Å². The third-order valence-corrected chi connectivity index (χ3v) is 4.40. The van der Waals surface area contributed by atoms with Gasteiger partial charge in [0, 0.05) is 16.9 Å². The highest BCUT2D eigenvalue weighted by atomic mass is 35.5. The van der Waals surface area contributed by atoms with E-state index in [1.807, 2.05) is 45.0 Å². The van der Waals surface area contributed by atoms with Gasteiger partial charge in [-0.15, -0.1) is 0 Å². The number of benzene rings is 2. The molecular weight excluding hydrogens is 369 g/mol. The minimum Gasteiger partial charge on any atom is -0.359 e. The number of nitrogens with zero attached hydrogens (tertiary/aromatic N) is 1. The lowest BCUT2D eigenvalue weighted by Crippen LogP contribution is -2.17. The number of aryl methyl sites for hydroxylation is 1. The quantitative estimate of drug-likeness (QED) is 0.496. The maximum atomic E-state index is 12.5. The van der Waals surface area contributed by atoms with Gasteiger partial charge in [0.25, 0.3) is 5.91 Å². The van der Waals surface area contributed by atoms with Crippen molar-refractivity contribution in [2.75, 3.05) is 10.6 Å². The highest BCUT2D eigenvalue weighted by Gasteiger charge is 2.15. The maximum Gasteiger partial charge on any atom is 0.267 e. The molecule has 0 aliphatic carbocycles. The Morgan fingerprint density at radius 1 is 1.23 bits per heavy atom. The molecule has 0 unspecified atom stereocenters. The van der Waals surface area contributed by atoms with Crippen LogP contribution in [0.1, 0.15) is 30.9 Å². The third kappa shape index (κ3) is 4.78. The average molecular weight is 388 g/mol. The molecule has 1 amide bonds. The largest absolute Gasteiger partial charge is 0.359 e. The molecule has 0 aromatic heterocycles. The standard InChI is InChI=1S/C20H19Cl2N3O/c1-12(2)16-6-4-5-13(3)19(16)25-20(26)14(10-23)11-24-18-9-15(21)7-8-17(18)22/h4-9,11-12,24H,1-3H3,(H,25,26)/b14-11-. The molecule has 134 valence electrons. The third-order valence-electron chi connectivity index (χ3n) is 3.83. The normalized spacial score (nSPS) is 11.2. The summed E-state index contributed by atoms with van der Waals surface area (Å²) in [4.78, 5) is 12.5. The van der Waals surface area contributed by atoms with Gasteiger partial charge in [-0.1, -0.05) is 55.2 Å². The molecule has 0 atom stereocenters. The lowest BCUT2D eigenvalue weighted by molar-refractivity contribution is -0.112. The molecule has 0 saturated heterocycles. The molecule has 2 N–H and O–H groups in total. The molecule has 26 heavy (non-hydrogen) atoms. The van der Waals surface area contributed by atoms with Crippen LogP contribution in [-0.4, -0.2) is 5.91 Å². The summed E-state index contributed by atoms with van der Waals surface area (Å²) in [5.74, 6) is -0.252. The van der Waals surface area contributed by atoms with Gasteiger partial charge in [0.15, 0.2) is 0 Å². The second kappa shape index (κ2) is 8.75. The Bertz CT molecular complexity index is 898. The molecule has 0 saturated carbocycles. The predicted molar refractivity (Wildman–Crippen MR) is 108 cm³/mol. The first-order valence-electron chi connectivity index (χ1n) is 8.06. The van der Waals surface area contributed by atoms with E-state index >= 15 is 0 Å². The number of carbonyl (C=O) groups excluding carboxylic acids is 1. The molecule has 0 heterocycles. The Labute approximate surface area is 163 Å². The molecule has 2 aromatic carbocycles. The van der Waals surface area contributed by atoms with Gasteiger partial charge in [0.2, 0.25) is 0 Å². The molecule has 0 aliphatic heterocycles. The zero-order valence-corrected chi connectivity index (χ0v) is 16.2. The van der Waals surface area contributed by atoms with Gasteiger partial charge in [-0.2, -0.15) is 5.26 Å². The fourth-order valence-corrected chi connectivity index (χ4v) is 2.77. The molecule has 2 rings (SSSR count). The summed E-state index contributed by atoms with van der Waals surface area (Å²) in [6.45, 7) is 6.02. The molecule has 0 spiro atoms. The first-order chi connectivity index (χ1) is 12.3. The summed E-state index contributed by atoms with van der Waals surface area (Å²) in [5.41, 5.74) is 3.13. The Morgan fingerprint density at radius 3 is 2.62 bits per heavy atom. The lowest BCUT2D eigenvalue weighted by atomic mass is 9.98. The fourth-order valence-electron chi connectivity index (χ4n) is 2.43. The summed E-state index contributed by atoms with van der Waals surface area (Å²) in [6.07, 6.45) is 1.32. The zero-order valence-electron chi connectivity index (χ0n) is 14.7. The molecule has 0 radical (unpaired) electrons. The highest BCUT2D eigenvalue weighted by molar-refractivity contribution is 6.35. The number of halogens is 2. The van der Waals surface area contributed by atoms with Crippen LogP contribution in [0.15, 0.2) is 48.2 Å². The van der Waals surface area contributed by atoms with Crippen LogP contribution in [0.2, 0.25) is 10.0 Å². The second-order valence-corrected chi connectivity index (χ2v) is 6.93. The number of nitriles is 1. The van der Waals surface area contributed by atoms with Gasteiger partial charge in [0.05, 0.1) is 10.7 Å². The van der Waals surface area contributed by atoms with Gasteiger partial charge in [-0.25, -0.2) is 0 Å². The number of nitrogens with one attached hydrogen (secondary N) is 2. The van der Waals surface area contributed by atoms with Crippen molar-refractivity contribution in [2.24, 2.45) is 0 Å². The SMILES string of the molecule is Cc1cccc(C(C)C)c1NC(=O)/C(C#N)=C\Nc1cc(Cl)ccc1Cl. The van der Waals surface area contributed by atoms with Crippen molar-refractivity contribution in [3.8, 4) is 6.07 Å². The Balaban J connectivity index is 2.25. The van der Waals surface area contributed by atoms with Crippen molar-refractivity contribution in [1.29, 1.82) is 5.26 Å². The summed E-state index contributed by atoms with van der Waals surface area (Å²) >= 11 is 12.0. The van der Waals surface area contributed by atoms with Crippen molar-refractivity contribution in [2.45, 2.75) is 26.7 Å². The van der Waals surface area contributed by atoms with Gasteiger partial charge < -0.3 is 10.6 Å². The van der Waals surface area contributed by atoms with Gasteiger partial charge in [-0.05, 0) is 42.2 Å². The minimum atomic E-state index is -0.491. The summed E-state index contributed by atoms with van der Waals surface area (Å²) in [7, 11) is 0. The maximum absolute atomic E-state index is 12.5. The first-order valence-corrected chi connectivity index (χ1v) is 8.81. The van der Waals surface area contributed by atoms with E-state index in [2.05, 4.69) is 10.6 Å². The molecule has 6 heteroatoms. The van der Waals surface area contributed by atoms with E-state index in [1.54, 1.807) is 18.2 Å². The molecular formula is C20H19Cl2N3O. The Kier molecular flexibility index (Phi) is 6.68. The predicted octanol–water partition coefficient (Wildman–Crippen LogP) is 5.88. The fraction of sp³-hybridized carbons (Fsp3) is 0.200. The zero-order chi connectivity index (χ0) is 19.3. The summed E-state index contributed by atoms with van der Waals surface area (Å²) < 4.78 is 0. The van der Waals surface area contributed by atoms with Crippen LogP contribution in [0.25, 0.3) is 0 Å². The molecule has 2 aromatic rings. The van der Waals surface area contributed by atoms with Crippen LogP contribution in [0, 0.1) is 18.3 Å². The first kappa shape index (κ1) is 19.8. The number of hydrogen-bond donors (Lipinski definition) is 2. The van der Waals surface area contributed by atoms with E-state index in [4.69, 9.17) is 23.2 Å². The van der Waals surface area contributed by atoms with E-state index in [1.165, 1.54) is 6.20 Å². The van der Waals surface area contributed by atoms with Gasteiger partial charge in [-0.3, -0.25) is 4.79 Å². The van der Waals surface area contributed by atoms with E-state index in [-0.39, 0.29) is 11.5 Å². The van der Waals surface area contributed by atoms with Crippen molar-refractivity contribution in [3.05, 3.63) is 69.3 Å². The van der Waals surface area contributed by atoms with Crippen molar-refractivity contribution in [1.82, 2.24) is 0 Å². The van der Waals surface area contributed by atoms with Crippen LogP contribution in [0.5, 0.6) is 0 Å².